The molecule has 0 aliphatic rings. The van der Waals surface area contributed by atoms with Crippen LogP contribution in [0, 0.1) is 0 Å². The maximum absolute atomic E-state index is 11.8. The number of aromatic nitrogens is 1. The van der Waals surface area contributed by atoms with Crippen molar-refractivity contribution < 1.29 is 9.59 Å². The molecule has 0 aliphatic carbocycles. The second-order valence-electron chi connectivity index (χ2n) is 3.71. The summed E-state index contributed by atoms with van der Waals surface area (Å²) < 4.78 is 0. The molecule has 0 radical (unpaired) electrons. The number of halogens is 2. The Morgan fingerprint density at radius 1 is 1.26 bits per heavy atom. The van der Waals surface area contributed by atoms with Crippen molar-refractivity contribution in [2.75, 3.05) is 19.6 Å². The third kappa shape index (κ3) is 4.36. The summed E-state index contributed by atoms with van der Waals surface area (Å²) in [5.74, 6) is -0.676. The Kier molecular flexibility index (Phi) is 6.05. The van der Waals surface area contributed by atoms with Crippen LogP contribution in [-0.2, 0) is 4.79 Å². The van der Waals surface area contributed by atoms with Crippen LogP contribution in [0.15, 0.2) is 12.1 Å². The molecule has 0 saturated carbocycles. The van der Waals surface area contributed by atoms with Crippen LogP contribution in [0.3, 0.4) is 0 Å². The Labute approximate surface area is 121 Å². The number of rotatable bonds is 5. The van der Waals surface area contributed by atoms with Crippen molar-refractivity contribution >= 4 is 35.0 Å². The highest BCUT2D eigenvalue weighted by molar-refractivity contribution is 6.34. The minimum Gasteiger partial charge on any atom is -0.342 e. The molecule has 19 heavy (non-hydrogen) atoms. The first kappa shape index (κ1) is 15.7. The fourth-order valence-electron chi connectivity index (χ4n) is 1.51. The van der Waals surface area contributed by atoms with Crippen molar-refractivity contribution in [2.45, 2.75) is 13.8 Å². The lowest BCUT2D eigenvalue weighted by Gasteiger charge is -2.18. The van der Waals surface area contributed by atoms with Crippen LogP contribution in [-0.4, -0.2) is 41.3 Å². The zero-order valence-corrected chi connectivity index (χ0v) is 12.3. The van der Waals surface area contributed by atoms with Gasteiger partial charge < -0.3 is 10.2 Å². The first-order chi connectivity index (χ1) is 8.99. The van der Waals surface area contributed by atoms with Gasteiger partial charge in [0.15, 0.2) is 0 Å². The molecule has 0 bridgehead atoms. The van der Waals surface area contributed by atoms with E-state index in [0.29, 0.717) is 13.1 Å². The third-order valence-corrected chi connectivity index (χ3v) is 3.06. The largest absolute Gasteiger partial charge is 0.342 e. The summed E-state index contributed by atoms with van der Waals surface area (Å²) >= 11 is 11.5. The normalized spacial score (nSPS) is 10.1. The summed E-state index contributed by atoms with van der Waals surface area (Å²) in [5, 5.41) is 2.84. The quantitative estimate of drug-likeness (QED) is 0.846. The van der Waals surface area contributed by atoms with Gasteiger partial charge in [0, 0.05) is 13.1 Å². The third-order valence-electron chi connectivity index (χ3n) is 2.54. The topological polar surface area (TPSA) is 62.3 Å². The van der Waals surface area contributed by atoms with Crippen molar-refractivity contribution in [1.29, 1.82) is 0 Å². The van der Waals surface area contributed by atoms with Gasteiger partial charge in [0.25, 0.3) is 5.91 Å². The number of likely N-dealkylation sites (N-methyl/N-ethyl adjacent to an activating group) is 1. The predicted octanol–water partition coefficient (Wildman–Crippen LogP) is 1.99. The number of carbonyl (C=O) groups is 2. The monoisotopic (exact) mass is 303 g/mol. The van der Waals surface area contributed by atoms with E-state index in [2.05, 4.69) is 10.3 Å². The van der Waals surface area contributed by atoms with E-state index in [4.69, 9.17) is 23.2 Å². The minimum absolute atomic E-state index is 0.0153. The van der Waals surface area contributed by atoms with Crippen LogP contribution >= 0.6 is 23.2 Å². The van der Waals surface area contributed by atoms with E-state index >= 15 is 0 Å². The van der Waals surface area contributed by atoms with Gasteiger partial charge in [-0.15, -0.1) is 0 Å². The molecular formula is C12H15Cl2N3O2. The molecule has 104 valence electrons. The highest BCUT2D eigenvalue weighted by Gasteiger charge is 2.15. The second kappa shape index (κ2) is 7.31. The van der Waals surface area contributed by atoms with Crippen LogP contribution < -0.4 is 5.32 Å². The summed E-state index contributed by atoms with van der Waals surface area (Å²) in [5.41, 5.74) is 0.0153. The zero-order valence-electron chi connectivity index (χ0n) is 10.7. The maximum Gasteiger partial charge on any atom is 0.271 e. The zero-order chi connectivity index (χ0) is 14.4. The van der Waals surface area contributed by atoms with Gasteiger partial charge in [0.05, 0.1) is 11.6 Å². The van der Waals surface area contributed by atoms with Crippen LogP contribution in [0.1, 0.15) is 24.3 Å². The van der Waals surface area contributed by atoms with Gasteiger partial charge in [-0.2, -0.15) is 0 Å². The van der Waals surface area contributed by atoms with E-state index in [1.165, 1.54) is 12.1 Å². The van der Waals surface area contributed by atoms with Crippen LogP contribution in [0.25, 0.3) is 0 Å². The number of amides is 2. The molecule has 1 heterocycles. The van der Waals surface area contributed by atoms with Gasteiger partial charge in [-0.05, 0) is 26.0 Å². The van der Waals surface area contributed by atoms with Crippen LogP contribution in [0.5, 0.6) is 0 Å². The van der Waals surface area contributed by atoms with Crippen molar-refractivity contribution in [2.24, 2.45) is 0 Å². The average Bonchev–Trinajstić information content (AvgIpc) is 2.40. The highest BCUT2D eigenvalue weighted by Crippen LogP contribution is 2.16. The van der Waals surface area contributed by atoms with Gasteiger partial charge in [0.1, 0.15) is 10.8 Å². The van der Waals surface area contributed by atoms with E-state index in [9.17, 15) is 9.59 Å². The Morgan fingerprint density at radius 2 is 1.89 bits per heavy atom. The van der Waals surface area contributed by atoms with Gasteiger partial charge >= 0.3 is 0 Å². The summed E-state index contributed by atoms with van der Waals surface area (Å²) in [6.07, 6.45) is 0. The summed E-state index contributed by atoms with van der Waals surface area (Å²) in [4.78, 5) is 29.0. The Morgan fingerprint density at radius 3 is 2.47 bits per heavy atom. The lowest BCUT2D eigenvalue weighted by molar-refractivity contribution is -0.129. The smallest absolute Gasteiger partial charge is 0.271 e. The molecule has 0 atom stereocenters. The molecule has 0 aromatic carbocycles. The fourth-order valence-corrected chi connectivity index (χ4v) is 1.84. The van der Waals surface area contributed by atoms with Crippen molar-refractivity contribution in [3.8, 4) is 0 Å². The molecule has 0 aliphatic heterocycles. The molecule has 1 aromatic heterocycles. The summed E-state index contributed by atoms with van der Waals surface area (Å²) in [6.45, 7) is 4.85. The first-order valence-electron chi connectivity index (χ1n) is 5.87. The molecule has 1 aromatic rings. The van der Waals surface area contributed by atoms with E-state index in [0.717, 1.165) is 0 Å². The van der Waals surface area contributed by atoms with E-state index in [-0.39, 0.29) is 28.3 Å². The molecule has 1 rings (SSSR count). The van der Waals surface area contributed by atoms with Crippen molar-refractivity contribution in [1.82, 2.24) is 15.2 Å². The number of hydrogen-bond donors (Lipinski definition) is 1. The van der Waals surface area contributed by atoms with E-state index in [1.807, 2.05) is 13.8 Å². The number of hydrogen-bond acceptors (Lipinski definition) is 3. The molecule has 5 nitrogen and oxygen atoms in total. The molecule has 2 amide bonds. The molecule has 1 N–H and O–H groups in total. The summed E-state index contributed by atoms with van der Waals surface area (Å²) in [7, 11) is 0. The van der Waals surface area contributed by atoms with Crippen molar-refractivity contribution in [3.05, 3.63) is 28.0 Å². The maximum atomic E-state index is 11.8. The highest BCUT2D eigenvalue weighted by atomic mass is 35.5. The SMILES string of the molecule is CCN(CC)C(=O)CNC(=O)c1nc(Cl)ccc1Cl. The lowest BCUT2D eigenvalue weighted by atomic mass is 10.3. The van der Waals surface area contributed by atoms with E-state index in [1.54, 1.807) is 4.90 Å². The van der Waals surface area contributed by atoms with Crippen LogP contribution in [0.2, 0.25) is 10.2 Å². The Bertz CT molecular complexity index is 476. The molecule has 0 spiro atoms. The van der Waals surface area contributed by atoms with Gasteiger partial charge in [-0.3, -0.25) is 9.59 Å². The number of nitrogens with zero attached hydrogens (tertiary/aromatic N) is 2. The van der Waals surface area contributed by atoms with Gasteiger partial charge in [0.2, 0.25) is 5.91 Å². The average molecular weight is 304 g/mol. The summed E-state index contributed by atoms with van der Waals surface area (Å²) in [6, 6.07) is 2.97. The Hall–Kier alpha value is -1.33. The first-order valence-corrected chi connectivity index (χ1v) is 6.63. The number of pyridine rings is 1. The lowest BCUT2D eigenvalue weighted by Crippen LogP contribution is -2.40. The number of nitrogens with one attached hydrogen (secondary N) is 1. The van der Waals surface area contributed by atoms with Crippen molar-refractivity contribution in [3.63, 3.8) is 0 Å². The van der Waals surface area contributed by atoms with Crippen LogP contribution in [0.4, 0.5) is 0 Å². The number of carbonyl (C=O) groups excluding carboxylic acids is 2. The van der Waals surface area contributed by atoms with Gasteiger partial charge in [-0.25, -0.2) is 4.98 Å². The molecular weight excluding hydrogens is 289 g/mol. The predicted molar refractivity (Wildman–Crippen MR) is 74.5 cm³/mol. The molecule has 0 saturated heterocycles. The van der Waals surface area contributed by atoms with E-state index < -0.39 is 5.91 Å². The standard InChI is InChI=1S/C12H15Cl2N3O2/c1-3-17(4-2)10(18)7-15-12(19)11-8(13)5-6-9(14)16-11/h5-6H,3-4,7H2,1-2H3,(H,15,19). The molecule has 0 unspecified atom stereocenters. The molecule has 0 fully saturated rings. The second-order valence-corrected chi connectivity index (χ2v) is 4.51. The molecule has 7 heteroatoms. The minimum atomic E-state index is -0.520. The Balaban J connectivity index is 2.65. The fraction of sp³-hybridized carbons (Fsp3) is 0.417. The van der Waals surface area contributed by atoms with Gasteiger partial charge in [-0.1, -0.05) is 23.2 Å².